The molecule has 3 rings (SSSR count). The Morgan fingerprint density at radius 1 is 1.21 bits per heavy atom. The first-order valence-electron chi connectivity index (χ1n) is 7.74. The average Bonchev–Trinajstić information content (AvgIpc) is 3.20. The second kappa shape index (κ2) is 7.36. The van der Waals surface area contributed by atoms with Gasteiger partial charge < -0.3 is 9.64 Å². The van der Waals surface area contributed by atoms with Crippen LogP contribution in [0.1, 0.15) is 11.3 Å². The van der Waals surface area contributed by atoms with Gasteiger partial charge in [-0.1, -0.05) is 24.3 Å². The minimum absolute atomic E-state index is 0.0372. The number of hydrogen-bond donors (Lipinski definition) is 0. The van der Waals surface area contributed by atoms with Gasteiger partial charge in [-0.15, -0.1) is 11.3 Å². The molecule has 24 heavy (non-hydrogen) atoms. The van der Waals surface area contributed by atoms with Gasteiger partial charge in [0.25, 0.3) is 5.91 Å². The Balaban J connectivity index is 1.70. The molecule has 0 N–H and O–H groups in total. The Kier molecular flexibility index (Phi) is 5.20. The van der Waals surface area contributed by atoms with Crippen LogP contribution in [0.4, 0.5) is 0 Å². The third kappa shape index (κ3) is 4.36. The van der Waals surface area contributed by atoms with Crippen molar-refractivity contribution < 1.29 is 17.9 Å². The van der Waals surface area contributed by atoms with Crippen LogP contribution in [0.5, 0.6) is 5.75 Å². The Bertz CT molecular complexity index is 772. The van der Waals surface area contributed by atoms with E-state index in [1.165, 1.54) is 0 Å². The molecule has 1 aliphatic heterocycles. The second-order valence-corrected chi connectivity index (χ2v) is 9.02. The first kappa shape index (κ1) is 17.0. The van der Waals surface area contributed by atoms with Crippen molar-refractivity contribution in [3.05, 3.63) is 52.7 Å². The summed E-state index contributed by atoms with van der Waals surface area (Å²) in [5.41, 5.74) is 0. The summed E-state index contributed by atoms with van der Waals surface area (Å²) >= 11 is 1.56. The number of carbonyl (C=O) groups is 1. The predicted octanol–water partition coefficient (Wildman–Crippen LogP) is 2.34. The van der Waals surface area contributed by atoms with Crippen LogP contribution in [-0.4, -0.2) is 43.4 Å². The monoisotopic (exact) mass is 365 g/mol. The molecule has 0 unspecified atom stereocenters. The molecule has 1 aromatic heterocycles. The van der Waals surface area contributed by atoms with Crippen molar-refractivity contribution >= 4 is 27.1 Å². The van der Waals surface area contributed by atoms with Crippen LogP contribution in [0.3, 0.4) is 0 Å². The quantitative estimate of drug-likeness (QED) is 0.788. The molecule has 0 spiro atoms. The Morgan fingerprint density at radius 3 is 2.62 bits per heavy atom. The summed E-state index contributed by atoms with van der Waals surface area (Å²) in [4.78, 5) is 15.3. The Morgan fingerprint density at radius 2 is 2.00 bits per heavy atom. The van der Waals surface area contributed by atoms with E-state index in [4.69, 9.17) is 4.74 Å². The minimum Gasteiger partial charge on any atom is -0.484 e. The van der Waals surface area contributed by atoms with Gasteiger partial charge in [0.1, 0.15) is 5.75 Å². The summed E-state index contributed by atoms with van der Waals surface area (Å²) in [5, 5.41) is 1.95. The molecule has 128 valence electrons. The van der Waals surface area contributed by atoms with E-state index in [0.29, 0.717) is 18.7 Å². The molecule has 0 saturated carbocycles. The van der Waals surface area contributed by atoms with Crippen LogP contribution >= 0.6 is 11.3 Å². The molecule has 0 aliphatic carbocycles. The van der Waals surface area contributed by atoms with Crippen LogP contribution in [0.2, 0.25) is 0 Å². The number of benzene rings is 1. The van der Waals surface area contributed by atoms with E-state index in [2.05, 4.69) is 0 Å². The van der Waals surface area contributed by atoms with Gasteiger partial charge in [0.2, 0.25) is 0 Å². The molecular formula is C17H19NO4S2. The first-order valence-corrected chi connectivity index (χ1v) is 10.4. The highest BCUT2D eigenvalue weighted by Crippen LogP contribution is 2.22. The summed E-state index contributed by atoms with van der Waals surface area (Å²) in [7, 11) is -3.05. The number of carbonyl (C=O) groups excluding carboxylic acids is 1. The second-order valence-electron chi connectivity index (χ2n) is 5.76. The van der Waals surface area contributed by atoms with E-state index in [1.54, 1.807) is 28.4 Å². The van der Waals surface area contributed by atoms with Crippen LogP contribution < -0.4 is 4.74 Å². The van der Waals surface area contributed by atoms with Gasteiger partial charge in [-0.05, 0) is 30.0 Å². The van der Waals surface area contributed by atoms with Crippen molar-refractivity contribution in [2.24, 2.45) is 0 Å². The normalized spacial score (nSPS) is 19.1. The lowest BCUT2D eigenvalue weighted by Crippen LogP contribution is -2.42. The smallest absolute Gasteiger partial charge is 0.261 e. The summed E-state index contributed by atoms with van der Waals surface area (Å²) in [6.07, 6.45) is 0.491. The molecule has 1 atom stereocenters. The van der Waals surface area contributed by atoms with Crippen molar-refractivity contribution in [1.29, 1.82) is 0 Å². The maximum Gasteiger partial charge on any atom is 0.261 e. The summed E-state index contributed by atoms with van der Waals surface area (Å²) in [6, 6.07) is 12.7. The lowest BCUT2D eigenvalue weighted by Gasteiger charge is -2.27. The molecule has 5 nitrogen and oxygen atoms in total. The lowest BCUT2D eigenvalue weighted by molar-refractivity contribution is -0.135. The Hall–Kier alpha value is -1.86. The van der Waals surface area contributed by atoms with Gasteiger partial charge >= 0.3 is 0 Å². The highest BCUT2D eigenvalue weighted by molar-refractivity contribution is 7.91. The van der Waals surface area contributed by atoms with Gasteiger partial charge in [0.15, 0.2) is 16.4 Å². The molecule has 1 fully saturated rings. The number of rotatable bonds is 6. The molecule has 2 aromatic rings. The molecule has 1 amide bonds. The van der Waals surface area contributed by atoms with Gasteiger partial charge in [0, 0.05) is 10.9 Å². The molecule has 7 heteroatoms. The van der Waals surface area contributed by atoms with Crippen molar-refractivity contribution in [1.82, 2.24) is 4.90 Å². The maximum absolute atomic E-state index is 12.7. The average molecular weight is 365 g/mol. The highest BCUT2D eigenvalue weighted by Gasteiger charge is 2.34. The van der Waals surface area contributed by atoms with Crippen molar-refractivity contribution in [3.63, 3.8) is 0 Å². The van der Waals surface area contributed by atoms with Crippen molar-refractivity contribution in [3.8, 4) is 5.75 Å². The van der Waals surface area contributed by atoms with Gasteiger partial charge in [-0.3, -0.25) is 4.79 Å². The van der Waals surface area contributed by atoms with Crippen LogP contribution in [0, 0.1) is 0 Å². The third-order valence-corrected chi connectivity index (χ3v) is 6.59. The Labute approximate surface area is 145 Å². The standard InChI is InChI=1S/C17H19NO4S2/c19-17(12-22-15-5-2-1-3-6-15)18(11-16-7-4-9-23-16)14-8-10-24(20,21)13-14/h1-7,9,14H,8,10-13H2/t14-/m1/s1. The summed E-state index contributed by atoms with van der Waals surface area (Å²) in [5.74, 6) is 0.622. The van der Waals surface area contributed by atoms with Crippen molar-refractivity contribution in [2.45, 2.75) is 19.0 Å². The van der Waals surface area contributed by atoms with E-state index in [1.807, 2.05) is 35.7 Å². The van der Waals surface area contributed by atoms with Gasteiger partial charge in [-0.2, -0.15) is 0 Å². The molecule has 1 saturated heterocycles. The molecule has 0 bridgehead atoms. The summed E-state index contributed by atoms with van der Waals surface area (Å²) < 4.78 is 29.1. The number of amides is 1. The zero-order chi connectivity index (χ0) is 17.0. The zero-order valence-corrected chi connectivity index (χ0v) is 14.8. The fourth-order valence-corrected chi connectivity index (χ4v) is 5.19. The van der Waals surface area contributed by atoms with Crippen molar-refractivity contribution in [2.75, 3.05) is 18.1 Å². The first-order chi connectivity index (χ1) is 11.5. The van der Waals surface area contributed by atoms with Crippen LogP contribution in [0.25, 0.3) is 0 Å². The fourth-order valence-electron chi connectivity index (χ4n) is 2.76. The van der Waals surface area contributed by atoms with E-state index in [9.17, 15) is 13.2 Å². The van der Waals surface area contributed by atoms with E-state index in [-0.39, 0.29) is 30.1 Å². The molecule has 1 aromatic carbocycles. The molecule has 1 aliphatic rings. The van der Waals surface area contributed by atoms with E-state index >= 15 is 0 Å². The van der Waals surface area contributed by atoms with Gasteiger partial charge in [0.05, 0.1) is 18.1 Å². The lowest BCUT2D eigenvalue weighted by atomic mass is 10.2. The number of thiophene rings is 1. The highest BCUT2D eigenvalue weighted by atomic mass is 32.2. The number of hydrogen-bond acceptors (Lipinski definition) is 5. The van der Waals surface area contributed by atoms with Gasteiger partial charge in [-0.25, -0.2) is 8.42 Å². The number of nitrogens with zero attached hydrogens (tertiary/aromatic N) is 1. The SMILES string of the molecule is O=C(COc1ccccc1)N(Cc1cccs1)[C@@H]1CCS(=O)(=O)C1. The largest absolute Gasteiger partial charge is 0.484 e. The zero-order valence-electron chi connectivity index (χ0n) is 13.1. The number of sulfone groups is 1. The van der Waals surface area contributed by atoms with Crippen LogP contribution in [-0.2, 0) is 21.2 Å². The molecular weight excluding hydrogens is 346 g/mol. The molecule has 2 heterocycles. The fraction of sp³-hybridized carbons (Fsp3) is 0.353. The number of para-hydroxylation sites is 1. The van der Waals surface area contributed by atoms with E-state index in [0.717, 1.165) is 4.88 Å². The minimum atomic E-state index is -3.05. The third-order valence-electron chi connectivity index (χ3n) is 3.98. The topological polar surface area (TPSA) is 63.7 Å². The van der Waals surface area contributed by atoms with E-state index < -0.39 is 9.84 Å². The number of ether oxygens (including phenoxy) is 1. The molecule has 0 radical (unpaired) electrons. The summed E-state index contributed by atoms with van der Waals surface area (Å²) in [6.45, 7) is 0.334. The predicted molar refractivity (Wildman–Crippen MR) is 93.9 cm³/mol. The maximum atomic E-state index is 12.7. The van der Waals surface area contributed by atoms with Crippen LogP contribution in [0.15, 0.2) is 47.8 Å².